The Morgan fingerprint density at radius 1 is 0.299 bits per heavy atom. The molecule has 0 fully saturated rings. The zero-order chi connectivity index (χ0) is 48.6. The lowest BCUT2D eigenvalue weighted by atomic mass is 10.1. The Hall–Kier alpha value is -2.89. The molecule has 1 atom stereocenters. The maximum Gasteiger partial charge on any atom is 0.306 e. The smallest absolute Gasteiger partial charge is 0.306 e. The number of unbranched alkanes of at least 4 members (excludes halogenated alkanes) is 31. The van der Waals surface area contributed by atoms with Crippen molar-refractivity contribution in [3.05, 3.63) is 60.8 Å². The fourth-order valence-corrected chi connectivity index (χ4v) is 8.10. The topological polar surface area (TPSA) is 78.9 Å². The molecule has 6 heteroatoms. The molecule has 0 rings (SSSR count). The summed E-state index contributed by atoms with van der Waals surface area (Å²) in [5, 5.41) is 0. The standard InChI is InChI=1S/C61H108O6/c1-4-7-10-13-16-19-22-25-28-30-33-36-39-42-45-48-51-54-60(63)66-57-58(56-65-59(62)53-50-47-44-41-38-35-32-27-24-21-18-15-12-9-6-3)67-61(64)55-52-49-46-43-40-37-34-31-29-26-23-20-17-14-11-8-5-2/h21,24-26,28-29,33,36,42,45,58H,4-20,22-23,27,30-32,34-35,37-41,43-44,46-57H2,1-3H3/b24-21-,28-25-,29-26-,36-33-,45-42-/t58-/m0/s1. The lowest BCUT2D eigenvalue weighted by molar-refractivity contribution is -0.167. The van der Waals surface area contributed by atoms with Gasteiger partial charge in [-0.15, -0.1) is 0 Å². The second-order valence-corrected chi connectivity index (χ2v) is 19.2. The van der Waals surface area contributed by atoms with E-state index in [0.29, 0.717) is 19.3 Å². The second kappa shape index (κ2) is 55.7. The number of carbonyl (C=O) groups excluding carboxylic acids is 3. The van der Waals surface area contributed by atoms with Gasteiger partial charge in [-0.2, -0.15) is 0 Å². The van der Waals surface area contributed by atoms with Gasteiger partial charge in [-0.3, -0.25) is 14.4 Å². The molecule has 0 bridgehead atoms. The van der Waals surface area contributed by atoms with Crippen LogP contribution in [0.1, 0.15) is 290 Å². The number of hydrogen-bond acceptors (Lipinski definition) is 6. The summed E-state index contributed by atoms with van der Waals surface area (Å²) in [6, 6.07) is 0. The van der Waals surface area contributed by atoms with Crippen LogP contribution in [0.5, 0.6) is 0 Å². The lowest BCUT2D eigenvalue weighted by Crippen LogP contribution is -2.30. The maximum atomic E-state index is 12.8. The summed E-state index contributed by atoms with van der Waals surface area (Å²) >= 11 is 0. The quantitative estimate of drug-likeness (QED) is 0.0262. The van der Waals surface area contributed by atoms with Crippen LogP contribution in [0.4, 0.5) is 0 Å². The van der Waals surface area contributed by atoms with Crippen molar-refractivity contribution in [2.45, 2.75) is 297 Å². The van der Waals surface area contributed by atoms with Gasteiger partial charge in [0, 0.05) is 19.3 Å². The van der Waals surface area contributed by atoms with Crippen LogP contribution in [0, 0.1) is 0 Å². The molecule has 0 aliphatic rings. The Morgan fingerprint density at radius 3 is 0.925 bits per heavy atom. The summed E-state index contributed by atoms with van der Waals surface area (Å²) in [4.78, 5) is 38.1. The van der Waals surface area contributed by atoms with Crippen molar-refractivity contribution in [1.29, 1.82) is 0 Å². The van der Waals surface area contributed by atoms with E-state index in [-0.39, 0.29) is 37.5 Å². The molecule has 0 saturated carbocycles. The van der Waals surface area contributed by atoms with Gasteiger partial charge >= 0.3 is 17.9 Å². The summed E-state index contributed by atoms with van der Waals surface area (Å²) in [5.41, 5.74) is 0. The minimum absolute atomic E-state index is 0.0928. The van der Waals surface area contributed by atoms with E-state index in [1.54, 1.807) is 0 Å². The van der Waals surface area contributed by atoms with Crippen LogP contribution in [0.3, 0.4) is 0 Å². The Balaban J connectivity index is 4.45. The first-order chi connectivity index (χ1) is 33.0. The molecule has 0 saturated heterocycles. The van der Waals surface area contributed by atoms with E-state index in [4.69, 9.17) is 14.2 Å². The van der Waals surface area contributed by atoms with Crippen LogP contribution in [-0.2, 0) is 28.6 Å². The highest BCUT2D eigenvalue weighted by Gasteiger charge is 2.19. The number of rotatable bonds is 52. The van der Waals surface area contributed by atoms with E-state index in [1.807, 2.05) is 0 Å². The summed E-state index contributed by atoms with van der Waals surface area (Å²) in [6.45, 7) is 6.59. The molecule has 0 radical (unpaired) electrons. The molecule has 6 nitrogen and oxygen atoms in total. The molecule has 0 heterocycles. The Labute approximate surface area is 415 Å². The largest absolute Gasteiger partial charge is 0.462 e. The third-order valence-electron chi connectivity index (χ3n) is 12.5. The normalized spacial score (nSPS) is 12.5. The molecule has 0 aliphatic carbocycles. The van der Waals surface area contributed by atoms with Crippen molar-refractivity contribution in [3.8, 4) is 0 Å². The zero-order valence-electron chi connectivity index (χ0n) is 44.4. The molecule has 0 N–H and O–H groups in total. The van der Waals surface area contributed by atoms with Crippen LogP contribution in [0.2, 0.25) is 0 Å². The molecule has 0 aliphatic heterocycles. The molecule has 0 unspecified atom stereocenters. The van der Waals surface area contributed by atoms with Crippen molar-refractivity contribution in [1.82, 2.24) is 0 Å². The molecule has 0 aromatic rings. The van der Waals surface area contributed by atoms with E-state index in [0.717, 1.165) is 57.8 Å². The highest BCUT2D eigenvalue weighted by molar-refractivity contribution is 5.71. The molecule has 0 amide bonds. The van der Waals surface area contributed by atoms with Crippen LogP contribution < -0.4 is 0 Å². The average molecular weight is 938 g/mol. The molecule has 0 spiro atoms. The van der Waals surface area contributed by atoms with Crippen molar-refractivity contribution < 1.29 is 28.6 Å². The molecule has 67 heavy (non-hydrogen) atoms. The Bertz CT molecular complexity index is 1210. The minimum atomic E-state index is -0.798. The highest BCUT2D eigenvalue weighted by atomic mass is 16.6. The number of carbonyl (C=O) groups is 3. The third-order valence-corrected chi connectivity index (χ3v) is 12.5. The van der Waals surface area contributed by atoms with Crippen LogP contribution in [0.25, 0.3) is 0 Å². The first kappa shape index (κ1) is 64.1. The van der Waals surface area contributed by atoms with Crippen LogP contribution in [0.15, 0.2) is 60.8 Å². The molecular formula is C61H108O6. The first-order valence-corrected chi connectivity index (χ1v) is 28.8. The minimum Gasteiger partial charge on any atom is -0.462 e. The lowest BCUT2D eigenvalue weighted by Gasteiger charge is -2.18. The predicted octanol–water partition coefficient (Wildman–Crippen LogP) is 19.2. The predicted molar refractivity (Wildman–Crippen MR) is 288 cm³/mol. The van der Waals surface area contributed by atoms with Gasteiger partial charge in [-0.1, -0.05) is 229 Å². The van der Waals surface area contributed by atoms with Gasteiger partial charge in [0.1, 0.15) is 13.2 Å². The highest BCUT2D eigenvalue weighted by Crippen LogP contribution is 2.15. The van der Waals surface area contributed by atoms with E-state index in [1.165, 1.54) is 186 Å². The third kappa shape index (κ3) is 53.9. The van der Waals surface area contributed by atoms with Crippen molar-refractivity contribution in [2.75, 3.05) is 13.2 Å². The van der Waals surface area contributed by atoms with Gasteiger partial charge in [0.15, 0.2) is 6.10 Å². The summed E-state index contributed by atoms with van der Waals surface area (Å²) in [6.07, 6.45) is 69.3. The zero-order valence-corrected chi connectivity index (χ0v) is 44.4. The molecular weight excluding hydrogens is 829 g/mol. The van der Waals surface area contributed by atoms with E-state index >= 15 is 0 Å². The van der Waals surface area contributed by atoms with Gasteiger partial charge < -0.3 is 14.2 Å². The fraction of sp³-hybridized carbons (Fsp3) is 0.787. The second-order valence-electron chi connectivity index (χ2n) is 19.2. The van der Waals surface area contributed by atoms with Gasteiger partial charge in [0.25, 0.3) is 0 Å². The first-order valence-electron chi connectivity index (χ1n) is 28.8. The summed E-state index contributed by atoms with van der Waals surface area (Å²) in [7, 11) is 0. The number of allylic oxidation sites excluding steroid dienone is 10. The molecule has 388 valence electrons. The van der Waals surface area contributed by atoms with Crippen molar-refractivity contribution in [3.63, 3.8) is 0 Å². The summed E-state index contributed by atoms with van der Waals surface area (Å²) in [5.74, 6) is -0.946. The molecule has 0 aromatic carbocycles. The van der Waals surface area contributed by atoms with Crippen molar-refractivity contribution in [2.24, 2.45) is 0 Å². The number of ether oxygens (including phenoxy) is 3. The fourth-order valence-electron chi connectivity index (χ4n) is 8.10. The SMILES string of the molecule is CCCCCC/C=C\CCCCCCCCCC(=O)OC[C@@H](COC(=O)CCC/C=C\C/C=C\C/C=C\CCCCCCCC)OC(=O)CCCCCCCCC/C=C\CCCCCCCC. The Morgan fingerprint density at radius 2 is 0.552 bits per heavy atom. The number of esters is 3. The number of hydrogen-bond donors (Lipinski definition) is 0. The van der Waals surface area contributed by atoms with E-state index in [9.17, 15) is 14.4 Å². The van der Waals surface area contributed by atoms with Crippen LogP contribution in [-0.4, -0.2) is 37.2 Å². The van der Waals surface area contributed by atoms with Crippen LogP contribution >= 0.6 is 0 Å². The van der Waals surface area contributed by atoms with Gasteiger partial charge in [-0.05, 0) is 103 Å². The average Bonchev–Trinajstić information content (AvgIpc) is 3.33. The van der Waals surface area contributed by atoms with Gasteiger partial charge in [0.05, 0.1) is 0 Å². The van der Waals surface area contributed by atoms with E-state index in [2.05, 4.69) is 81.5 Å². The maximum absolute atomic E-state index is 12.8. The Kier molecular flexibility index (Phi) is 53.3. The van der Waals surface area contributed by atoms with E-state index < -0.39 is 6.10 Å². The van der Waals surface area contributed by atoms with Gasteiger partial charge in [0.2, 0.25) is 0 Å². The van der Waals surface area contributed by atoms with Crippen molar-refractivity contribution >= 4 is 17.9 Å². The molecule has 0 aromatic heterocycles. The summed E-state index contributed by atoms with van der Waals surface area (Å²) < 4.78 is 16.8. The van der Waals surface area contributed by atoms with Gasteiger partial charge in [-0.25, -0.2) is 0 Å². The monoisotopic (exact) mass is 937 g/mol.